The van der Waals surface area contributed by atoms with Gasteiger partial charge in [0.25, 0.3) is 0 Å². The van der Waals surface area contributed by atoms with Crippen LogP contribution in [0.25, 0.3) is 0 Å². The Morgan fingerprint density at radius 1 is 1.03 bits per heavy atom. The maximum absolute atomic E-state index is 12.2. The van der Waals surface area contributed by atoms with E-state index in [0.717, 1.165) is 32.1 Å². The van der Waals surface area contributed by atoms with E-state index in [-0.39, 0.29) is 41.8 Å². The maximum atomic E-state index is 12.2. The number of carbonyl (C=O) groups excluding carboxylic acids is 1. The molecule has 7 nitrogen and oxygen atoms in total. The summed E-state index contributed by atoms with van der Waals surface area (Å²) in [5.74, 6) is -1.93. The minimum Gasteiger partial charge on any atom is -0.507 e. The molecule has 3 rings (SSSR count). The van der Waals surface area contributed by atoms with Crippen molar-refractivity contribution in [3.05, 3.63) is 41.5 Å². The van der Waals surface area contributed by atoms with Crippen LogP contribution in [-0.4, -0.2) is 65.5 Å². The largest absolute Gasteiger partial charge is 0.507 e. The van der Waals surface area contributed by atoms with Gasteiger partial charge in [-0.25, -0.2) is 0 Å². The molecule has 36 heavy (non-hydrogen) atoms. The minimum atomic E-state index is -1.14. The van der Waals surface area contributed by atoms with Crippen LogP contribution in [0.4, 0.5) is 0 Å². The number of hydrogen-bond donors (Lipinski definition) is 2. The number of hydrogen-bond acceptors (Lipinski definition) is 7. The van der Waals surface area contributed by atoms with E-state index in [1.165, 1.54) is 12.1 Å². The quantitative estimate of drug-likeness (QED) is 0.207. The molecule has 0 aliphatic carbocycles. The zero-order valence-corrected chi connectivity index (χ0v) is 20.4. The van der Waals surface area contributed by atoms with Gasteiger partial charge in [0.15, 0.2) is 11.5 Å². The molecule has 0 fully saturated rings. The molecule has 0 amide bonds. The first-order valence-electron chi connectivity index (χ1n) is 12.1. The van der Waals surface area contributed by atoms with Gasteiger partial charge in [-0.1, -0.05) is 38.7 Å². The molecule has 0 aromatic heterocycles. The van der Waals surface area contributed by atoms with E-state index in [1.807, 2.05) is 0 Å². The van der Waals surface area contributed by atoms with Crippen LogP contribution in [0.2, 0.25) is 0 Å². The fraction of sp³-hybridized carbons (Fsp3) is 0.480. The second-order valence-electron chi connectivity index (χ2n) is 8.74. The summed E-state index contributed by atoms with van der Waals surface area (Å²) in [6.45, 7) is 2.13. The molecule has 0 bridgehead atoms. The highest BCUT2D eigenvalue weighted by Gasteiger charge is 2.33. The molecular weight excluding hydrogens is 456 g/mol. The smallest absolute Gasteiger partial charge is 0.311 e. The van der Waals surface area contributed by atoms with Crippen LogP contribution in [0.5, 0.6) is 28.7 Å². The number of aromatic hydroxyl groups is 1. The summed E-state index contributed by atoms with van der Waals surface area (Å²) in [6, 6.07) is 7.61. The zero-order valence-electron chi connectivity index (χ0n) is 20.4. The number of phenolic OH excluding ortho intramolecular Hbond substituents is 1. The summed E-state index contributed by atoms with van der Waals surface area (Å²) in [7, 11) is 22.1. The molecule has 0 spiro atoms. The van der Waals surface area contributed by atoms with Crippen molar-refractivity contribution in [2.75, 3.05) is 0 Å². The van der Waals surface area contributed by atoms with Gasteiger partial charge in [0.2, 0.25) is 0 Å². The van der Waals surface area contributed by atoms with E-state index in [0.29, 0.717) is 16.9 Å². The van der Waals surface area contributed by atoms with Crippen LogP contribution in [0.15, 0.2) is 30.3 Å². The lowest BCUT2D eigenvalue weighted by atomic mass is 9.81. The molecule has 2 N–H and O–H groups in total. The van der Waals surface area contributed by atoms with Gasteiger partial charge in [0.05, 0.1) is 6.10 Å². The number of benzene rings is 2. The highest BCUT2D eigenvalue weighted by Crippen LogP contribution is 2.43. The molecule has 0 saturated carbocycles. The third-order valence-electron chi connectivity index (χ3n) is 5.71. The molecular formula is C25H28B4O7. The molecule has 0 unspecified atom stereocenters. The molecule has 0 saturated heterocycles. The van der Waals surface area contributed by atoms with E-state index in [1.54, 1.807) is 18.2 Å². The Bertz CT molecular complexity index is 1030. The predicted octanol–water partition coefficient (Wildman–Crippen LogP) is 2.69. The molecule has 2 aromatic rings. The van der Waals surface area contributed by atoms with E-state index in [4.69, 9.17) is 50.3 Å². The van der Waals surface area contributed by atoms with Gasteiger partial charge < -0.3 is 29.2 Å². The Morgan fingerprint density at radius 2 is 1.72 bits per heavy atom. The molecule has 2 aromatic carbocycles. The lowest BCUT2D eigenvalue weighted by molar-refractivity contribution is -0.134. The highest BCUT2D eigenvalue weighted by atomic mass is 16.5. The van der Waals surface area contributed by atoms with E-state index in [9.17, 15) is 15.0 Å². The first kappa shape index (κ1) is 27.9. The monoisotopic (exact) mass is 484 g/mol. The normalized spacial score (nSPS) is 16.9. The van der Waals surface area contributed by atoms with Crippen LogP contribution < -0.4 is 18.9 Å². The number of esters is 1. The van der Waals surface area contributed by atoms with Crippen molar-refractivity contribution in [3.63, 3.8) is 0 Å². The van der Waals surface area contributed by atoms with Crippen molar-refractivity contribution in [1.82, 2.24) is 0 Å². The topological polar surface area (TPSA) is 94.5 Å². The van der Waals surface area contributed by atoms with Gasteiger partial charge in [-0.3, -0.25) is 4.79 Å². The SMILES string of the molecule is [B]C([B])Oc1ccc([C@@H]2Oc3cc(OC(=O)CCCCCCC)cc(O)c3C[C@@H]2O)cc1OC([B])[B]. The summed E-state index contributed by atoms with van der Waals surface area (Å²) < 4.78 is 22.2. The van der Waals surface area contributed by atoms with Crippen molar-refractivity contribution >= 4 is 37.4 Å². The van der Waals surface area contributed by atoms with Crippen LogP contribution in [-0.2, 0) is 11.2 Å². The van der Waals surface area contributed by atoms with Gasteiger partial charge in [-0.05, 0) is 24.1 Å². The number of carbonyl (C=O) groups is 1. The lowest BCUT2D eigenvalue weighted by Gasteiger charge is -2.32. The zero-order chi connectivity index (χ0) is 26.2. The first-order chi connectivity index (χ1) is 17.2. The molecule has 2 atom stereocenters. The van der Waals surface area contributed by atoms with Crippen molar-refractivity contribution in [2.24, 2.45) is 0 Å². The Morgan fingerprint density at radius 3 is 2.42 bits per heavy atom. The van der Waals surface area contributed by atoms with Gasteiger partial charge >= 0.3 is 5.97 Å². The fourth-order valence-corrected chi connectivity index (χ4v) is 4.04. The van der Waals surface area contributed by atoms with Crippen LogP contribution >= 0.6 is 0 Å². The average Bonchev–Trinajstić information content (AvgIpc) is 2.80. The van der Waals surface area contributed by atoms with Crippen molar-refractivity contribution in [3.8, 4) is 28.7 Å². The summed E-state index contributed by atoms with van der Waals surface area (Å²) in [5.41, 5.74) is 0.934. The molecule has 1 aliphatic heterocycles. The summed E-state index contributed by atoms with van der Waals surface area (Å²) in [6.07, 6.45) is 3.62. The van der Waals surface area contributed by atoms with E-state index < -0.39 is 24.0 Å². The second-order valence-corrected chi connectivity index (χ2v) is 8.74. The number of fused-ring (bicyclic) bond motifs is 1. The van der Waals surface area contributed by atoms with E-state index in [2.05, 4.69) is 6.92 Å². The molecule has 1 heterocycles. The predicted molar refractivity (Wildman–Crippen MR) is 138 cm³/mol. The van der Waals surface area contributed by atoms with Crippen LogP contribution in [0, 0.1) is 0 Å². The maximum Gasteiger partial charge on any atom is 0.311 e. The number of rotatable bonds is 12. The Balaban J connectivity index is 1.77. The van der Waals surface area contributed by atoms with E-state index >= 15 is 0 Å². The molecule has 8 radical (unpaired) electrons. The van der Waals surface area contributed by atoms with Crippen molar-refractivity contribution in [2.45, 2.75) is 75.9 Å². The summed E-state index contributed by atoms with van der Waals surface area (Å²) in [4.78, 5) is 12.2. The number of aliphatic hydroxyl groups excluding tert-OH is 1. The van der Waals surface area contributed by atoms with Crippen LogP contribution in [0.1, 0.15) is 62.7 Å². The van der Waals surface area contributed by atoms with Crippen LogP contribution in [0.3, 0.4) is 0 Å². The van der Waals surface area contributed by atoms with Crippen molar-refractivity contribution in [1.29, 1.82) is 0 Å². The summed E-state index contributed by atoms with van der Waals surface area (Å²) >= 11 is 0. The van der Waals surface area contributed by atoms with Crippen molar-refractivity contribution < 1.29 is 34.0 Å². The number of ether oxygens (including phenoxy) is 4. The third kappa shape index (κ3) is 7.66. The van der Waals surface area contributed by atoms with Gasteiger partial charge in [0.1, 0.15) is 54.7 Å². The summed E-state index contributed by atoms with van der Waals surface area (Å²) in [5, 5.41) is 21.3. The Labute approximate surface area is 217 Å². The lowest BCUT2D eigenvalue weighted by Crippen LogP contribution is -2.30. The Hall–Kier alpha value is -2.67. The fourth-order valence-electron chi connectivity index (χ4n) is 4.04. The van der Waals surface area contributed by atoms with Gasteiger partial charge in [-0.2, -0.15) is 0 Å². The van der Waals surface area contributed by atoms with Gasteiger partial charge in [-0.15, -0.1) is 0 Å². The average molecular weight is 484 g/mol. The standard InChI is InChI=1S/C25H28B4O7/c1-2-3-4-5-6-7-22(32)33-15-11-17(30)16-13-18(31)23(34-20(16)12-15)14-8-9-19(35-24(26)27)21(10-14)36-25(28)29/h8-12,18,23-25,30-31H,2-7,13H2,1H3/t18-,23-/m0/s1. The third-order valence-corrected chi connectivity index (χ3v) is 5.71. The molecule has 11 heteroatoms. The van der Waals surface area contributed by atoms with Gasteiger partial charge in [0, 0.05) is 42.3 Å². The highest BCUT2D eigenvalue weighted by molar-refractivity contribution is 6.35. The first-order valence-corrected chi connectivity index (χ1v) is 12.1. The number of phenols is 1. The Kier molecular flexibility index (Phi) is 10.1. The second kappa shape index (κ2) is 13.0. The molecule has 1 aliphatic rings. The number of unbranched alkanes of at least 4 members (excludes halogenated alkanes) is 4. The molecule has 182 valence electrons. The number of aliphatic hydroxyl groups is 1. The minimum absolute atomic E-state index is 0.107.